The molecular formula is C19H22ClNOS. The van der Waals surface area contributed by atoms with Crippen molar-refractivity contribution in [2.45, 2.75) is 30.8 Å². The lowest BCUT2D eigenvalue weighted by Crippen LogP contribution is -2.31. The van der Waals surface area contributed by atoms with Crippen LogP contribution in [-0.4, -0.2) is 17.7 Å². The third-order valence-electron chi connectivity index (χ3n) is 3.53. The molecule has 0 fully saturated rings. The maximum atomic E-state index is 12.2. The van der Waals surface area contributed by atoms with E-state index in [-0.39, 0.29) is 16.4 Å². The smallest absolute Gasteiger partial charge is 0.232 e. The van der Waals surface area contributed by atoms with Crippen molar-refractivity contribution in [1.29, 1.82) is 0 Å². The van der Waals surface area contributed by atoms with E-state index in [0.717, 1.165) is 23.6 Å². The van der Waals surface area contributed by atoms with Gasteiger partial charge in [0.2, 0.25) is 5.91 Å². The Kier molecular flexibility index (Phi) is 7.00. The molecule has 0 aromatic heterocycles. The van der Waals surface area contributed by atoms with Crippen LogP contribution in [0.15, 0.2) is 54.6 Å². The van der Waals surface area contributed by atoms with Crippen LogP contribution in [-0.2, 0) is 4.79 Å². The van der Waals surface area contributed by atoms with Crippen molar-refractivity contribution in [1.82, 2.24) is 5.32 Å². The Labute approximate surface area is 147 Å². The molecule has 2 aromatic rings. The van der Waals surface area contributed by atoms with Crippen molar-refractivity contribution in [3.8, 4) is 0 Å². The summed E-state index contributed by atoms with van der Waals surface area (Å²) in [6.45, 7) is 4.74. The molecule has 2 rings (SSSR count). The van der Waals surface area contributed by atoms with Crippen LogP contribution in [0.1, 0.15) is 36.6 Å². The van der Waals surface area contributed by atoms with Crippen LogP contribution in [0.2, 0.25) is 5.02 Å². The molecule has 2 unspecified atom stereocenters. The third-order valence-corrected chi connectivity index (χ3v) is 5.22. The van der Waals surface area contributed by atoms with E-state index in [9.17, 15) is 4.79 Å². The van der Waals surface area contributed by atoms with Gasteiger partial charge in [-0.2, -0.15) is 0 Å². The Morgan fingerprint density at radius 3 is 2.30 bits per heavy atom. The highest BCUT2D eigenvalue weighted by atomic mass is 35.5. The van der Waals surface area contributed by atoms with E-state index >= 15 is 0 Å². The SMILES string of the molecule is CCCNC(=O)C(C)SC(c1ccccc1)c1ccc(Cl)cc1. The Morgan fingerprint density at radius 1 is 1.09 bits per heavy atom. The maximum absolute atomic E-state index is 12.2. The molecule has 2 nitrogen and oxygen atoms in total. The van der Waals surface area contributed by atoms with E-state index in [1.807, 2.05) is 49.4 Å². The van der Waals surface area contributed by atoms with Gasteiger partial charge in [-0.05, 0) is 36.6 Å². The molecule has 1 amide bonds. The first kappa shape index (κ1) is 17.9. The number of benzene rings is 2. The summed E-state index contributed by atoms with van der Waals surface area (Å²) in [5.41, 5.74) is 2.34. The summed E-state index contributed by atoms with van der Waals surface area (Å²) in [4.78, 5) is 12.2. The summed E-state index contributed by atoms with van der Waals surface area (Å²) in [5.74, 6) is 0.0896. The molecule has 0 heterocycles. The largest absolute Gasteiger partial charge is 0.355 e. The van der Waals surface area contributed by atoms with E-state index in [1.165, 1.54) is 5.56 Å². The lowest BCUT2D eigenvalue weighted by Gasteiger charge is -2.21. The van der Waals surface area contributed by atoms with E-state index in [2.05, 4.69) is 24.4 Å². The van der Waals surface area contributed by atoms with E-state index in [4.69, 9.17) is 11.6 Å². The molecule has 0 aliphatic heterocycles. The fraction of sp³-hybridized carbons (Fsp3) is 0.316. The highest BCUT2D eigenvalue weighted by Gasteiger charge is 2.22. The van der Waals surface area contributed by atoms with Crippen LogP contribution in [0.5, 0.6) is 0 Å². The second kappa shape index (κ2) is 8.99. The third kappa shape index (κ3) is 5.29. The van der Waals surface area contributed by atoms with Crippen LogP contribution in [0.3, 0.4) is 0 Å². The van der Waals surface area contributed by atoms with Gasteiger partial charge in [0.1, 0.15) is 0 Å². The lowest BCUT2D eigenvalue weighted by molar-refractivity contribution is -0.120. The van der Waals surface area contributed by atoms with Gasteiger partial charge in [0.15, 0.2) is 0 Å². The average molecular weight is 348 g/mol. The van der Waals surface area contributed by atoms with Crippen molar-refractivity contribution < 1.29 is 4.79 Å². The quantitative estimate of drug-likeness (QED) is 0.756. The van der Waals surface area contributed by atoms with Crippen LogP contribution in [0.25, 0.3) is 0 Å². The molecule has 122 valence electrons. The van der Waals surface area contributed by atoms with Gasteiger partial charge in [0.25, 0.3) is 0 Å². The maximum Gasteiger partial charge on any atom is 0.232 e. The van der Waals surface area contributed by atoms with Crippen molar-refractivity contribution in [3.63, 3.8) is 0 Å². The number of carbonyl (C=O) groups excluding carboxylic acids is 1. The van der Waals surface area contributed by atoms with Crippen molar-refractivity contribution in [3.05, 3.63) is 70.7 Å². The molecular weight excluding hydrogens is 326 g/mol. The van der Waals surface area contributed by atoms with Crippen LogP contribution >= 0.6 is 23.4 Å². The topological polar surface area (TPSA) is 29.1 Å². The summed E-state index contributed by atoms with van der Waals surface area (Å²) in [6, 6.07) is 18.1. The number of rotatable bonds is 7. The summed E-state index contributed by atoms with van der Waals surface area (Å²) >= 11 is 7.66. The van der Waals surface area contributed by atoms with Crippen molar-refractivity contribution in [2.75, 3.05) is 6.54 Å². The zero-order valence-electron chi connectivity index (χ0n) is 13.5. The highest BCUT2D eigenvalue weighted by Crippen LogP contribution is 2.38. The molecule has 0 saturated heterocycles. The van der Waals surface area contributed by atoms with Crippen molar-refractivity contribution >= 4 is 29.3 Å². The summed E-state index contributed by atoms with van der Waals surface area (Å²) in [7, 11) is 0. The highest BCUT2D eigenvalue weighted by molar-refractivity contribution is 8.01. The predicted octanol–water partition coefficient (Wildman–Crippen LogP) is 5.08. The summed E-state index contributed by atoms with van der Waals surface area (Å²) in [5, 5.41) is 3.67. The van der Waals surface area contributed by atoms with Gasteiger partial charge >= 0.3 is 0 Å². The number of carbonyl (C=O) groups is 1. The summed E-state index contributed by atoms with van der Waals surface area (Å²) in [6.07, 6.45) is 0.947. The first-order chi connectivity index (χ1) is 11.1. The Balaban J connectivity index is 2.20. The normalized spacial score (nSPS) is 13.3. The molecule has 23 heavy (non-hydrogen) atoms. The van der Waals surface area contributed by atoms with Gasteiger partial charge in [-0.15, -0.1) is 11.8 Å². The minimum Gasteiger partial charge on any atom is -0.355 e. The molecule has 0 aliphatic carbocycles. The van der Waals surface area contributed by atoms with Gasteiger partial charge in [-0.3, -0.25) is 4.79 Å². The van der Waals surface area contributed by atoms with E-state index in [0.29, 0.717) is 0 Å². The van der Waals surface area contributed by atoms with Crippen LogP contribution < -0.4 is 5.32 Å². The second-order valence-electron chi connectivity index (χ2n) is 5.41. The number of amides is 1. The number of nitrogens with one attached hydrogen (secondary N) is 1. The Bertz CT molecular complexity index is 615. The van der Waals surface area contributed by atoms with Gasteiger partial charge in [0.05, 0.1) is 10.5 Å². The molecule has 0 spiro atoms. The van der Waals surface area contributed by atoms with Crippen LogP contribution in [0.4, 0.5) is 0 Å². The fourth-order valence-electron chi connectivity index (χ4n) is 2.27. The molecule has 0 aliphatic rings. The van der Waals surface area contributed by atoms with Gasteiger partial charge in [0, 0.05) is 11.6 Å². The lowest BCUT2D eigenvalue weighted by atomic mass is 10.0. The molecule has 0 radical (unpaired) electrons. The average Bonchev–Trinajstić information content (AvgIpc) is 2.59. The van der Waals surface area contributed by atoms with E-state index < -0.39 is 0 Å². The number of hydrogen-bond donors (Lipinski definition) is 1. The van der Waals surface area contributed by atoms with Crippen molar-refractivity contribution in [2.24, 2.45) is 0 Å². The fourth-order valence-corrected chi connectivity index (χ4v) is 3.64. The molecule has 0 bridgehead atoms. The number of thioether (sulfide) groups is 1. The molecule has 0 saturated carbocycles. The first-order valence-corrected chi connectivity index (χ1v) is 9.17. The summed E-state index contributed by atoms with van der Waals surface area (Å²) < 4.78 is 0. The van der Waals surface area contributed by atoms with Gasteiger partial charge in [-0.25, -0.2) is 0 Å². The minimum atomic E-state index is -0.123. The number of hydrogen-bond acceptors (Lipinski definition) is 2. The minimum absolute atomic E-state index is 0.0896. The monoisotopic (exact) mass is 347 g/mol. The first-order valence-electron chi connectivity index (χ1n) is 7.85. The van der Waals surface area contributed by atoms with E-state index in [1.54, 1.807) is 11.8 Å². The standard InChI is InChI=1S/C19H22ClNOS/c1-3-13-21-19(22)14(2)23-18(15-7-5-4-6-8-15)16-9-11-17(20)12-10-16/h4-12,14,18H,3,13H2,1-2H3,(H,21,22). The number of halogens is 1. The van der Waals surface area contributed by atoms with Gasteiger partial charge < -0.3 is 5.32 Å². The molecule has 2 atom stereocenters. The molecule has 1 N–H and O–H groups in total. The zero-order chi connectivity index (χ0) is 16.7. The Hall–Kier alpha value is -1.45. The predicted molar refractivity (Wildman–Crippen MR) is 100 cm³/mol. The van der Waals surface area contributed by atoms with Gasteiger partial charge in [-0.1, -0.05) is 61.0 Å². The molecule has 2 aromatic carbocycles. The molecule has 4 heteroatoms. The van der Waals surface area contributed by atoms with Crippen LogP contribution in [0, 0.1) is 0 Å². The Morgan fingerprint density at radius 2 is 1.70 bits per heavy atom. The second-order valence-corrected chi connectivity index (χ2v) is 7.30. The zero-order valence-corrected chi connectivity index (χ0v) is 15.0.